The molecule has 78 valence electrons. The van der Waals surface area contributed by atoms with E-state index in [0.29, 0.717) is 0 Å². The molecule has 1 aromatic carbocycles. The first kappa shape index (κ1) is 13.0. The third kappa shape index (κ3) is 5.58. The number of benzene rings is 1. The van der Waals surface area contributed by atoms with Crippen LogP contribution in [0.3, 0.4) is 0 Å². The molecule has 14 heavy (non-hydrogen) atoms. The quantitative estimate of drug-likeness (QED) is 0.483. The summed E-state index contributed by atoms with van der Waals surface area (Å²) in [7, 11) is 0. The summed E-state index contributed by atoms with van der Waals surface area (Å²) >= 11 is 0. The standard InChI is InChI=1S/C12H16.C2H6/c1-3-4-5-8-12-9-6-7-11(2)10-12;1-2/h3,6-7,9-10H,1,4-5,8H2,2H3;1-2H3. The molecule has 1 aromatic rings. The van der Waals surface area contributed by atoms with E-state index in [1.165, 1.54) is 24.0 Å². The summed E-state index contributed by atoms with van der Waals surface area (Å²) in [4.78, 5) is 0. The minimum atomic E-state index is 1.12. The van der Waals surface area contributed by atoms with E-state index in [4.69, 9.17) is 0 Å². The molecule has 1 rings (SSSR count). The number of allylic oxidation sites excluding steroid dienone is 1. The van der Waals surface area contributed by atoms with E-state index in [2.05, 4.69) is 37.8 Å². The Morgan fingerprint density at radius 3 is 2.57 bits per heavy atom. The van der Waals surface area contributed by atoms with Gasteiger partial charge in [-0.05, 0) is 31.7 Å². The molecule has 0 spiro atoms. The van der Waals surface area contributed by atoms with Crippen molar-refractivity contribution in [1.29, 1.82) is 0 Å². The third-order valence-electron chi connectivity index (χ3n) is 1.96. The normalized spacial score (nSPS) is 8.79. The van der Waals surface area contributed by atoms with Crippen molar-refractivity contribution >= 4 is 0 Å². The van der Waals surface area contributed by atoms with Crippen LogP contribution >= 0.6 is 0 Å². The second-order valence-electron chi connectivity index (χ2n) is 3.17. The first-order valence-electron chi connectivity index (χ1n) is 5.49. The Morgan fingerprint density at radius 2 is 2.00 bits per heavy atom. The van der Waals surface area contributed by atoms with Crippen molar-refractivity contribution in [3.63, 3.8) is 0 Å². The number of hydrogen-bond donors (Lipinski definition) is 0. The molecule has 0 heterocycles. The zero-order chi connectivity index (χ0) is 10.8. The number of rotatable bonds is 4. The van der Waals surface area contributed by atoms with Gasteiger partial charge in [-0.15, -0.1) is 6.58 Å². The molecule has 0 nitrogen and oxygen atoms in total. The van der Waals surface area contributed by atoms with E-state index < -0.39 is 0 Å². The molecule has 0 aliphatic carbocycles. The van der Waals surface area contributed by atoms with Gasteiger partial charge >= 0.3 is 0 Å². The van der Waals surface area contributed by atoms with E-state index in [1.807, 2.05) is 19.9 Å². The molecule has 0 amide bonds. The Bertz CT molecular complexity index is 248. The third-order valence-corrected chi connectivity index (χ3v) is 1.96. The summed E-state index contributed by atoms with van der Waals surface area (Å²) in [6.45, 7) is 9.85. The number of unbranched alkanes of at least 4 members (excludes halogenated alkanes) is 1. The lowest BCUT2D eigenvalue weighted by Crippen LogP contribution is -1.84. The van der Waals surface area contributed by atoms with E-state index in [0.717, 1.165) is 6.42 Å². The maximum atomic E-state index is 3.71. The topological polar surface area (TPSA) is 0 Å². The van der Waals surface area contributed by atoms with Gasteiger partial charge in [0.2, 0.25) is 0 Å². The van der Waals surface area contributed by atoms with E-state index >= 15 is 0 Å². The van der Waals surface area contributed by atoms with Crippen molar-refractivity contribution in [2.75, 3.05) is 0 Å². The van der Waals surface area contributed by atoms with Gasteiger partial charge in [-0.2, -0.15) is 0 Å². The zero-order valence-corrected chi connectivity index (χ0v) is 9.72. The minimum Gasteiger partial charge on any atom is -0.103 e. The van der Waals surface area contributed by atoms with Crippen molar-refractivity contribution < 1.29 is 0 Å². The largest absolute Gasteiger partial charge is 0.103 e. The summed E-state index contributed by atoms with van der Waals surface area (Å²) in [5.74, 6) is 0. The smallest absolute Gasteiger partial charge is 0.0276 e. The van der Waals surface area contributed by atoms with Crippen molar-refractivity contribution in [2.24, 2.45) is 0 Å². The van der Waals surface area contributed by atoms with E-state index in [1.54, 1.807) is 0 Å². The second-order valence-corrected chi connectivity index (χ2v) is 3.17. The SMILES string of the molecule is C=CCCCc1cccc(C)c1.CC. The fraction of sp³-hybridized carbons (Fsp3) is 0.429. The van der Waals surface area contributed by atoms with Gasteiger partial charge in [-0.1, -0.05) is 49.8 Å². The van der Waals surface area contributed by atoms with Crippen LogP contribution in [0.5, 0.6) is 0 Å². The molecule has 0 bridgehead atoms. The molecule has 0 radical (unpaired) electrons. The highest BCUT2D eigenvalue weighted by Crippen LogP contribution is 2.07. The molecular weight excluding hydrogens is 168 g/mol. The van der Waals surface area contributed by atoms with Gasteiger partial charge in [0.05, 0.1) is 0 Å². The molecule has 0 unspecified atom stereocenters. The average molecular weight is 190 g/mol. The molecule has 0 aliphatic rings. The predicted molar refractivity (Wildman–Crippen MR) is 65.7 cm³/mol. The summed E-state index contributed by atoms with van der Waals surface area (Å²) in [6, 6.07) is 8.70. The molecular formula is C14H22. The highest BCUT2D eigenvalue weighted by atomic mass is 14.0. The number of hydrogen-bond acceptors (Lipinski definition) is 0. The molecule has 0 saturated heterocycles. The summed E-state index contributed by atoms with van der Waals surface area (Å²) in [6.07, 6.45) is 5.49. The van der Waals surface area contributed by atoms with Crippen LogP contribution in [-0.2, 0) is 6.42 Å². The number of aryl methyl sites for hydroxylation is 2. The van der Waals surface area contributed by atoms with Crippen LogP contribution in [0.25, 0.3) is 0 Å². The first-order valence-corrected chi connectivity index (χ1v) is 5.49. The monoisotopic (exact) mass is 190 g/mol. The molecule has 0 aromatic heterocycles. The van der Waals surface area contributed by atoms with Crippen LogP contribution < -0.4 is 0 Å². The Kier molecular flexibility index (Phi) is 7.92. The summed E-state index contributed by atoms with van der Waals surface area (Å²) < 4.78 is 0. The highest BCUT2D eigenvalue weighted by molar-refractivity contribution is 5.22. The maximum absolute atomic E-state index is 3.71. The van der Waals surface area contributed by atoms with Crippen LogP contribution in [0.2, 0.25) is 0 Å². The predicted octanol–water partition coefficient (Wildman–Crippen LogP) is 4.53. The van der Waals surface area contributed by atoms with Gasteiger partial charge in [-0.3, -0.25) is 0 Å². The van der Waals surface area contributed by atoms with Gasteiger partial charge in [0.15, 0.2) is 0 Å². The average Bonchev–Trinajstić information content (AvgIpc) is 2.21. The van der Waals surface area contributed by atoms with Crippen molar-refractivity contribution in [3.8, 4) is 0 Å². The summed E-state index contributed by atoms with van der Waals surface area (Å²) in [5.41, 5.74) is 2.79. The lowest BCUT2D eigenvalue weighted by molar-refractivity contribution is 0.843. The van der Waals surface area contributed by atoms with Crippen molar-refractivity contribution in [1.82, 2.24) is 0 Å². The van der Waals surface area contributed by atoms with Crippen molar-refractivity contribution in [2.45, 2.75) is 40.0 Å². The van der Waals surface area contributed by atoms with Crippen LogP contribution in [0.4, 0.5) is 0 Å². The molecule has 0 heteroatoms. The lowest BCUT2D eigenvalue weighted by atomic mass is 10.1. The molecule has 0 fully saturated rings. The van der Waals surface area contributed by atoms with Gasteiger partial charge in [0, 0.05) is 0 Å². The lowest BCUT2D eigenvalue weighted by Gasteiger charge is -2.00. The second kappa shape index (κ2) is 8.55. The minimum absolute atomic E-state index is 1.12. The Hall–Kier alpha value is -1.04. The zero-order valence-electron chi connectivity index (χ0n) is 9.72. The van der Waals surface area contributed by atoms with Crippen LogP contribution in [-0.4, -0.2) is 0 Å². The van der Waals surface area contributed by atoms with E-state index in [9.17, 15) is 0 Å². The van der Waals surface area contributed by atoms with Gasteiger partial charge in [0.25, 0.3) is 0 Å². The first-order chi connectivity index (χ1) is 6.83. The van der Waals surface area contributed by atoms with Gasteiger partial charge < -0.3 is 0 Å². The Morgan fingerprint density at radius 1 is 1.29 bits per heavy atom. The Labute approximate surface area is 88.7 Å². The fourth-order valence-electron chi connectivity index (χ4n) is 1.32. The van der Waals surface area contributed by atoms with Crippen LogP contribution in [0, 0.1) is 6.92 Å². The Balaban J connectivity index is 0.000000791. The molecule has 0 atom stereocenters. The molecule has 0 aliphatic heterocycles. The van der Waals surface area contributed by atoms with Crippen LogP contribution in [0.15, 0.2) is 36.9 Å². The van der Waals surface area contributed by atoms with E-state index in [-0.39, 0.29) is 0 Å². The van der Waals surface area contributed by atoms with Gasteiger partial charge in [0.1, 0.15) is 0 Å². The van der Waals surface area contributed by atoms with Crippen LogP contribution in [0.1, 0.15) is 37.8 Å². The highest BCUT2D eigenvalue weighted by Gasteiger charge is 1.91. The maximum Gasteiger partial charge on any atom is -0.0276 e. The fourth-order valence-corrected chi connectivity index (χ4v) is 1.32. The van der Waals surface area contributed by atoms with Crippen molar-refractivity contribution in [3.05, 3.63) is 48.0 Å². The van der Waals surface area contributed by atoms with Gasteiger partial charge in [-0.25, -0.2) is 0 Å². The molecule has 0 N–H and O–H groups in total. The summed E-state index contributed by atoms with van der Waals surface area (Å²) in [5, 5.41) is 0. The molecule has 0 saturated carbocycles.